The average Bonchev–Trinajstić information content (AvgIpc) is 3.22. The number of piperidine rings is 1. The van der Waals surface area contributed by atoms with Crippen LogP contribution in [0, 0.1) is 0 Å². The van der Waals surface area contributed by atoms with E-state index in [4.69, 9.17) is 0 Å². The quantitative estimate of drug-likeness (QED) is 0.674. The van der Waals surface area contributed by atoms with Crippen molar-refractivity contribution in [2.45, 2.75) is 38.6 Å². The van der Waals surface area contributed by atoms with E-state index in [-0.39, 0.29) is 11.8 Å². The van der Waals surface area contributed by atoms with Gasteiger partial charge in [0.15, 0.2) is 5.78 Å². The van der Waals surface area contributed by atoms with E-state index in [0.717, 1.165) is 40.0 Å². The molecule has 26 heavy (non-hydrogen) atoms. The van der Waals surface area contributed by atoms with Crippen LogP contribution in [0.2, 0.25) is 0 Å². The van der Waals surface area contributed by atoms with E-state index in [1.54, 1.807) is 11.3 Å². The molecule has 0 radical (unpaired) electrons. The molecule has 1 aliphatic heterocycles. The normalized spacial score (nSPS) is 16.7. The van der Waals surface area contributed by atoms with E-state index in [1.807, 2.05) is 24.8 Å². The minimum absolute atomic E-state index is 0.0173. The van der Waals surface area contributed by atoms with Gasteiger partial charge in [-0.25, -0.2) is 0 Å². The Morgan fingerprint density at radius 2 is 2.00 bits per heavy atom. The largest absolute Gasteiger partial charge is 0.298 e. The maximum atomic E-state index is 12.7. The molecule has 4 rings (SSSR count). The van der Waals surface area contributed by atoms with Gasteiger partial charge in [-0.1, -0.05) is 18.6 Å². The van der Waals surface area contributed by atoms with Crippen molar-refractivity contribution in [1.29, 1.82) is 0 Å². The number of aromatic nitrogens is 2. The van der Waals surface area contributed by atoms with E-state index in [0.29, 0.717) is 6.42 Å². The number of carbonyl (C=O) groups excluding carboxylic acids is 1. The number of ketones is 1. The number of hydrogen-bond acceptors (Lipinski definition) is 5. The number of thiazole rings is 1. The van der Waals surface area contributed by atoms with Crippen LogP contribution in [0.5, 0.6) is 0 Å². The van der Waals surface area contributed by atoms with Crippen molar-refractivity contribution in [3.05, 3.63) is 47.9 Å². The van der Waals surface area contributed by atoms with Crippen molar-refractivity contribution in [2.24, 2.45) is 0 Å². The van der Waals surface area contributed by atoms with E-state index in [9.17, 15) is 4.79 Å². The molecule has 0 N–H and O–H groups in total. The predicted molar refractivity (Wildman–Crippen MR) is 106 cm³/mol. The first-order valence-corrected chi connectivity index (χ1v) is 10.1. The molecule has 0 spiro atoms. The molecule has 4 nitrogen and oxygen atoms in total. The number of rotatable bonds is 5. The van der Waals surface area contributed by atoms with Crippen LogP contribution in [-0.2, 0) is 11.2 Å². The maximum absolute atomic E-state index is 12.7. The number of fused-ring (bicyclic) bond motifs is 1. The third kappa shape index (κ3) is 3.69. The highest BCUT2D eigenvalue weighted by atomic mass is 32.1. The lowest BCUT2D eigenvalue weighted by Crippen LogP contribution is -2.42. The van der Waals surface area contributed by atoms with E-state index in [1.165, 1.54) is 19.3 Å². The van der Waals surface area contributed by atoms with Gasteiger partial charge in [0.2, 0.25) is 0 Å². The smallest absolute Gasteiger partial charge is 0.155 e. The second kappa shape index (κ2) is 7.64. The molecule has 0 amide bonds. The van der Waals surface area contributed by atoms with Gasteiger partial charge >= 0.3 is 0 Å². The van der Waals surface area contributed by atoms with E-state index < -0.39 is 0 Å². The van der Waals surface area contributed by atoms with Crippen molar-refractivity contribution < 1.29 is 4.79 Å². The number of benzene rings is 1. The summed E-state index contributed by atoms with van der Waals surface area (Å²) in [5, 5.41) is 2.22. The minimum Gasteiger partial charge on any atom is -0.298 e. The zero-order chi connectivity index (χ0) is 17.9. The van der Waals surface area contributed by atoms with Crippen LogP contribution in [0.15, 0.2) is 42.2 Å². The SMILES string of the molecule is CC(C(=O)Cc1cc2cc(-c3cncs3)ccc2cn1)N1CCCCC1. The Bertz CT molecular complexity index is 901. The van der Waals surface area contributed by atoms with Gasteiger partial charge in [-0.3, -0.25) is 19.7 Å². The predicted octanol–water partition coefficient (Wildman–Crippen LogP) is 4.34. The monoisotopic (exact) mass is 365 g/mol. The first-order chi connectivity index (χ1) is 12.7. The molecule has 1 fully saturated rings. The summed E-state index contributed by atoms with van der Waals surface area (Å²) in [4.78, 5) is 24.9. The van der Waals surface area contributed by atoms with Crippen LogP contribution >= 0.6 is 11.3 Å². The summed E-state index contributed by atoms with van der Waals surface area (Å²) in [6.45, 7) is 4.11. The number of Topliss-reactive ketones (excluding diaryl/α,β-unsaturated/α-hetero) is 1. The van der Waals surface area contributed by atoms with Gasteiger partial charge in [0.25, 0.3) is 0 Å². The van der Waals surface area contributed by atoms with Crippen molar-refractivity contribution in [2.75, 3.05) is 13.1 Å². The Labute approximate surface area is 157 Å². The molecule has 1 aliphatic rings. The molecule has 134 valence electrons. The molecule has 1 unspecified atom stereocenters. The van der Waals surface area contributed by atoms with Crippen LogP contribution in [0.25, 0.3) is 21.2 Å². The maximum Gasteiger partial charge on any atom is 0.155 e. The van der Waals surface area contributed by atoms with E-state index >= 15 is 0 Å². The third-order valence-corrected chi connectivity index (χ3v) is 6.08. The van der Waals surface area contributed by atoms with Crippen LogP contribution in [0.1, 0.15) is 31.9 Å². The number of hydrogen-bond donors (Lipinski definition) is 0. The summed E-state index contributed by atoms with van der Waals surface area (Å²) < 4.78 is 0. The van der Waals surface area contributed by atoms with Gasteiger partial charge in [-0.2, -0.15) is 0 Å². The zero-order valence-corrected chi connectivity index (χ0v) is 15.8. The highest BCUT2D eigenvalue weighted by Crippen LogP contribution is 2.27. The van der Waals surface area contributed by atoms with Gasteiger partial charge < -0.3 is 0 Å². The third-order valence-electron chi connectivity index (χ3n) is 5.25. The van der Waals surface area contributed by atoms with Gasteiger partial charge in [-0.15, -0.1) is 11.3 Å². The molecule has 1 atom stereocenters. The fraction of sp³-hybridized carbons (Fsp3) is 0.381. The average molecular weight is 366 g/mol. The lowest BCUT2D eigenvalue weighted by atomic mass is 10.0. The van der Waals surface area contributed by atoms with Crippen molar-refractivity contribution in [3.8, 4) is 10.4 Å². The fourth-order valence-electron chi connectivity index (χ4n) is 3.63. The van der Waals surface area contributed by atoms with Crippen LogP contribution < -0.4 is 0 Å². The molecule has 3 aromatic rings. The number of likely N-dealkylation sites (tertiary alicyclic amines) is 1. The highest BCUT2D eigenvalue weighted by molar-refractivity contribution is 7.13. The summed E-state index contributed by atoms with van der Waals surface area (Å²) >= 11 is 1.63. The minimum atomic E-state index is -0.0173. The Balaban J connectivity index is 1.53. The second-order valence-corrected chi connectivity index (χ2v) is 7.91. The zero-order valence-electron chi connectivity index (χ0n) is 15.0. The molecular weight excluding hydrogens is 342 g/mol. The van der Waals surface area contributed by atoms with Crippen LogP contribution in [0.3, 0.4) is 0 Å². The lowest BCUT2D eigenvalue weighted by Gasteiger charge is -2.31. The Morgan fingerprint density at radius 1 is 1.15 bits per heavy atom. The van der Waals surface area contributed by atoms with E-state index in [2.05, 4.69) is 39.1 Å². The summed E-state index contributed by atoms with van der Waals surface area (Å²) in [6.07, 6.45) is 7.85. The molecule has 5 heteroatoms. The number of carbonyl (C=O) groups is 1. The van der Waals surface area contributed by atoms with Crippen molar-refractivity contribution in [1.82, 2.24) is 14.9 Å². The molecule has 1 saturated heterocycles. The summed E-state index contributed by atoms with van der Waals surface area (Å²) in [5.74, 6) is 0.261. The molecular formula is C21H23N3OS. The first-order valence-electron chi connectivity index (χ1n) is 9.25. The van der Waals surface area contributed by atoms with Crippen molar-refractivity contribution in [3.63, 3.8) is 0 Å². The molecule has 2 aromatic heterocycles. The Hall–Kier alpha value is -2.11. The first kappa shape index (κ1) is 17.3. The lowest BCUT2D eigenvalue weighted by molar-refractivity contribution is -0.123. The van der Waals surface area contributed by atoms with Gasteiger partial charge in [0.05, 0.1) is 22.9 Å². The molecule has 0 aliphatic carbocycles. The van der Waals surface area contributed by atoms with Crippen LogP contribution in [-0.4, -0.2) is 39.8 Å². The fourth-order valence-corrected chi connectivity index (χ4v) is 4.25. The van der Waals surface area contributed by atoms with Crippen LogP contribution in [0.4, 0.5) is 0 Å². The van der Waals surface area contributed by atoms with Crippen molar-refractivity contribution >= 4 is 27.9 Å². The molecule has 1 aromatic carbocycles. The standard InChI is InChI=1S/C21H23N3OS/c1-15(24-7-3-2-4-8-24)20(25)11-19-10-18-9-16(21-13-22-14-26-21)5-6-17(18)12-23-19/h5-6,9-10,12-15H,2-4,7-8,11H2,1H3. The second-order valence-electron chi connectivity index (χ2n) is 7.02. The summed E-state index contributed by atoms with van der Waals surface area (Å²) in [6, 6.07) is 8.38. The number of nitrogens with zero attached hydrogens (tertiary/aromatic N) is 3. The Morgan fingerprint density at radius 3 is 2.77 bits per heavy atom. The topological polar surface area (TPSA) is 46.1 Å². The summed E-state index contributed by atoms with van der Waals surface area (Å²) in [5.41, 5.74) is 3.86. The van der Waals surface area contributed by atoms with Gasteiger partial charge in [-0.05, 0) is 55.9 Å². The molecule has 0 saturated carbocycles. The Kier molecular flexibility index (Phi) is 5.09. The molecule has 3 heterocycles. The van der Waals surface area contributed by atoms with Gasteiger partial charge in [0, 0.05) is 23.5 Å². The highest BCUT2D eigenvalue weighted by Gasteiger charge is 2.23. The summed E-state index contributed by atoms with van der Waals surface area (Å²) in [7, 11) is 0. The molecule has 0 bridgehead atoms. The van der Waals surface area contributed by atoms with Gasteiger partial charge in [0.1, 0.15) is 0 Å². The number of pyridine rings is 1.